The number of rotatable bonds is 5. The maximum atomic E-state index is 13.9. The molecule has 4 heterocycles. The van der Waals surface area contributed by atoms with Crippen LogP contribution in [0.3, 0.4) is 0 Å². The van der Waals surface area contributed by atoms with Gasteiger partial charge in [0.25, 0.3) is 0 Å². The Hall–Kier alpha value is -4.80. The molecule has 0 unspecified atom stereocenters. The van der Waals surface area contributed by atoms with Crippen molar-refractivity contribution in [2.24, 2.45) is 0 Å². The molecule has 11 heteroatoms. The number of hydrogen-bond acceptors (Lipinski definition) is 7. The molecule has 1 aromatic carbocycles. The molecule has 0 atom stereocenters. The van der Waals surface area contributed by atoms with Gasteiger partial charge in [0.15, 0.2) is 17.4 Å². The number of benzene rings is 1. The third-order valence-electron chi connectivity index (χ3n) is 5.41. The van der Waals surface area contributed by atoms with Gasteiger partial charge in [-0.1, -0.05) is 0 Å². The van der Waals surface area contributed by atoms with Crippen LogP contribution in [0.1, 0.15) is 20.8 Å². The van der Waals surface area contributed by atoms with Gasteiger partial charge in [0, 0.05) is 29.6 Å². The number of nitrogens with zero attached hydrogens (tertiary/aromatic N) is 6. The predicted octanol–water partition coefficient (Wildman–Crippen LogP) is 5.14. The molecule has 188 valence electrons. The van der Waals surface area contributed by atoms with Crippen LogP contribution in [-0.2, 0) is 4.74 Å². The summed E-state index contributed by atoms with van der Waals surface area (Å²) >= 11 is 0. The molecular formula is C26H24FN7O3. The number of carbonyl (C=O) groups excluding carboxylic acids is 1. The highest BCUT2D eigenvalue weighted by molar-refractivity contribution is 5.84. The van der Waals surface area contributed by atoms with Gasteiger partial charge in [0.2, 0.25) is 0 Å². The second-order valence-corrected chi connectivity index (χ2v) is 9.19. The summed E-state index contributed by atoms with van der Waals surface area (Å²) in [6.07, 6.45) is 6.27. The monoisotopic (exact) mass is 501 g/mol. The third kappa shape index (κ3) is 4.96. The molecule has 0 bridgehead atoms. The SMILES string of the molecule is COc1cc(-n2cnnc2-c2ccc3ncc(-c4ccc(NC(=O)OC(C)(C)C)nc4)n3c2)ccc1F. The molecule has 5 aromatic rings. The van der Waals surface area contributed by atoms with E-state index < -0.39 is 17.5 Å². The van der Waals surface area contributed by atoms with E-state index in [4.69, 9.17) is 9.47 Å². The molecule has 0 saturated carbocycles. The van der Waals surface area contributed by atoms with Gasteiger partial charge in [-0.25, -0.2) is 19.2 Å². The van der Waals surface area contributed by atoms with Crippen LogP contribution < -0.4 is 10.1 Å². The van der Waals surface area contributed by atoms with E-state index in [0.29, 0.717) is 17.3 Å². The maximum absolute atomic E-state index is 13.9. The van der Waals surface area contributed by atoms with Crippen LogP contribution in [0.15, 0.2) is 67.4 Å². The highest BCUT2D eigenvalue weighted by Crippen LogP contribution is 2.28. The number of aromatic nitrogens is 6. The Labute approximate surface area is 211 Å². The van der Waals surface area contributed by atoms with Crippen LogP contribution in [-0.4, -0.2) is 47.9 Å². The van der Waals surface area contributed by atoms with Crippen LogP contribution in [0.2, 0.25) is 0 Å². The molecule has 10 nitrogen and oxygen atoms in total. The van der Waals surface area contributed by atoms with Crippen LogP contribution in [0.4, 0.5) is 15.0 Å². The molecule has 0 spiro atoms. The lowest BCUT2D eigenvalue weighted by atomic mass is 10.2. The first kappa shape index (κ1) is 23.9. The molecule has 0 aliphatic carbocycles. The summed E-state index contributed by atoms with van der Waals surface area (Å²) in [5.41, 5.74) is 3.13. The number of anilines is 1. The lowest BCUT2D eigenvalue weighted by molar-refractivity contribution is 0.0635. The van der Waals surface area contributed by atoms with E-state index in [1.807, 2.05) is 28.8 Å². The fourth-order valence-electron chi connectivity index (χ4n) is 3.77. The number of nitrogens with one attached hydrogen (secondary N) is 1. The minimum atomic E-state index is -0.606. The minimum Gasteiger partial charge on any atom is -0.494 e. The number of hydrogen-bond donors (Lipinski definition) is 1. The van der Waals surface area contributed by atoms with Crippen molar-refractivity contribution in [3.8, 4) is 34.1 Å². The summed E-state index contributed by atoms with van der Waals surface area (Å²) in [4.78, 5) is 20.8. The molecule has 37 heavy (non-hydrogen) atoms. The standard InChI is InChI=1S/C26H24FN7O3/c1-26(2,3)37-25(35)31-22-9-5-16(12-28-22)20-13-29-23-10-6-17(14-33(20)23)24-32-30-15-34(24)18-7-8-19(27)21(11-18)36-4/h5-15H,1-4H3,(H,28,31,35). The van der Waals surface area contributed by atoms with E-state index in [2.05, 4.69) is 25.5 Å². The zero-order valence-corrected chi connectivity index (χ0v) is 20.6. The largest absolute Gasteiger partial charge is 0.494 e. The molecule has 0 radical (unpaired) electrons. The Kier molecular flexibility index (Phi) is 6.04. The highest BCUT2D eigenvalue weighted by Gasteiger charge is 2.17. The first-order valence-corrected chi connectivity index (χ1v) is 11.4. The Bertz CT molecular complexity index is 1590. The minimum absolute atomic E-state index is 0.126. The van der Waals surface area contributed by atoms with Gasteiger partial charge in [-0.15, -0.1) is 10.2 Å². The van der Waals surface area contributed by atoms with Crippen molar-refractivity contribution in [3.63, 3.8) is 0 Å². The summed E-state index contributed by atoms with van der Waals surface area (Å²) in [7, 11) is 1.42. The van der Waals surface area contributed by atoms with Crippen LogP contribution in [0.5, 0.6) is 5.75 Å². The number of imidazole rings is 1. The van der Waals surface area contributed by atoms with Crippen LogP contribution >= 0.6 is 0 Å². The van der Waals surface area contributed by atoms with E-state index in [0.717, 1.165) is 22.5 Å². The summed E-state index contributed by atoms with van der Waals surface area (Å²) in [6.45, 7) is 5.38. The Morgan fingerprint density at radius 2 is 1.84 bits per heavy atom. The van der Waals surface area contributed by atoms with Gasteiger partial charge >= 0.3 is 6.09 Å². The quantitative estimate of drug-likeness (QED) is 0.355. The van der Waals surface area contributed by atoms with Crippen molar-refractivity contribution >= 4 is 17.6 Å². The molecule has 0 saturated heterocycles. The van der Waals surface area contributed by atoms with E-state index in [9.17, 15) is 9.18 Å². The van der Waals surface area contributed by atoms with Crippen molar-refractivity contribution < 1.29 is 18.7 Å². The summed E-state index contributed by atoms with van der Waals surface area (Å²) in [5.74, 6) is 0.605. The molecule has 1 amide bonds. The van der Waals surface area contributed by atoms with Crippen LogP contribution in [0, 0.1) is 5.82 Å². The number of pyridine rings is 2. The van der Waals surface area contributed by atoms with Crippen LogP contribution in [0.25, 0.3) is 34.0 Å². The number of carbonyl (C=O) groups is 1. The number of halogens is 1. The van der Waals surface area contributed by atoms with Gasteiger partial charge in [-0.05, 0) is 57.2 Å². The topological polar surface area (TPSA) is 108 Å². The molecule has 4 aromatic heterocycles. The lowest BCUT2D eigenvalue weighted by Crippen LogP contribution is -2.27. The normalized spacial score (nSPS) is 11.5. The van der Waals surface area contributed by atoms with Crippen molar-refractivity contribution in [1.29, 1.82) is 0 Å². The zero-order valence-electron chi connectivity index (χ0n) is 20.6. The number of ether oxygens (including phenoxy) is 2. The Morgan fingerprint density at radius 1 is 1.03 bits per heavy atom. The lowest BCUT2D eigenvalue weighted by Gasteiger charge is -2.19. The van der Waals surface area contributed by atoms with Gasteiger partial charge in [-0.3, -0.25) is 14.3 Å². The fourth-order valence-corrected chi connectivity index (χ4v) is 3.77. The van der Waals surface area contributed by atoms with Crippen molar-refractivity contribution in [2.75, 3.05) is 12.4 Å². The van der Waals surface area contributed by atoms with E-state index in [1.165, 1.54) is 13.2 Å². The van der Waals surface area contributed by atoms with Crippen molar-refractivity contribution in [1.82, 2.24) is 29.1 Å². The number of methoxy groups -OCH3 is 1. The first-order valence-electron chi connectivity index (χ1n) is 11.4. The van der Waals surface area contributed by atoms with E-state index >= 15 is 0 Å². The zero-order chi connectivity index (χ0) is 26.2. The van der Waals surface area contributed by atoms with Gasteiger partial charge < -0.3 is 9.47 Å². The van der Waals surface area contributed by atoms with Crippen molar-refractivity contribution in [2.45, 2.75) is 26.4 Å². The molecule has 0 aliphatic rings. The highest BCUT2D eigenvalue weighted by atomic mass is 19.1. The summed E-state index contributed by atoms with van der Waals surface area (Å²) < 4.78 is 28.0. The molecular weight excluding hydrogens is 477 g/mol. The second-order valence-electron chi connectivity index (χ2n) is 9.19. The van der Waals surface area contributed by atoms with E-state index in [1.54, 1.807) is 62.3 Å². The molecule has 0 aliphatic heterocycles. The average Bonchev–Trinajstić information content (AvgIpc) is 3.51. The maximum Gasteiger partial charge on any atom is 0.413 e. The Morgan fingerprint density at radius 3 is 2.57 bits per heavy atom. The van der Waals surface area contributed by atoms with Crippen molar-refractivity contribution in [3.05, 3.63) is 73.2 Å². The molecule has 0 fully saturated rings. The third-order valence-corrected chi connectivity index (χ3v) is 5.41. The predicted molar refractivity (Wildman–Crippen MR) is 135 cm³/mol. The first-order chi connectivity index (χ1) is 17.7. The fraction of sp³-hybridized carbons (Fsp3) is 0.192. The van der Waals surface area contributed by atoms with E-state index in [-0.39, 0.29) is 5.75 Å². The van der Waals surface area contributed by atoms with Gasteiger partial charge in [0.05, 0.1) is 24.7 Å². The van der Waals surface area contributed by atoms with Gasteiger partial charge in [-0.2, -0.15) is 0 Å². The smallest absolute Gasteiger partial charge is 0.413 e. The second kappa shape index (κ2) is 9.34. The summed E-state index contributed by atoms with van der Waals surface area (Å²) in [5, 5.41) is 11.0. The summed E-state index contributed by atoms with van der Waals surface area (Å²) in [6, 6.07) is 11.8. The number of amides is 1. The average molecular weight is 502 g/mol. The number of fused-ring (bicyclic) bond motifs is 1. The Balaban J connectivity index is 1.46. The molecule has 1 N–H and O–H groups in total. The molecule has 5 rings (SSSR count). The van der Waals surface area contributed by atoms with Gasteiger partial charge in [0.1, 0.15) is 23.4 Å².